The summed E-state index contributed by atoms with van der Waals surface area (Å²) in [5, 5.41) is 39.4. The van der Waals surface area contributed by atoms with Crippen LogP contribution in [-0.2, 0) is 25.6 Å². The largest absolute Gasteiger partial charge is 0.505 e. The zero-order valence-electron chi connectivity index (χ0n) is 28.0. The van der Waals surface area contributed by atoms with E-state index in [9.17, 15) is 39.3 Å². The van der Waals surface area contributed by atoms with Crippen molar-refractivity contribution >= 4 is 34.7 Å². The first-order chi connectivity index (χ1) is 22.5. The first kappa shape index (κ1) is 34.0. The minimum Gasteiger partial charge on any atom is -0.505 e. The number of benzene rings is 2. The second-order valence-electron chi connectivity index (χ2n) is 15.1. The SMILES string of the molecule is C[C@H]1c2ccc(NC3CCC(Cc4ccccc4)CC3)c(O)c2C(=O)C2C(=O)[C@]3(O)C(=O)C(C(N)=O)C(=O)[C@@H](N(C)C)[C@]3(C)[C@@H](O)[C@@]21C. The third-order valence-corrected chi connectivity index (χ3v) is 12.4. The fraction of sp³-hybridized carbons (Fsp3) is 0.541. The van der Waals surface area contributed by atoms with Crippen LogP contribution in [0.3, 0.4) is 0 Å². The van der Waals surface area contributed by atoms with E-state index in [4.69, 9.17) is 5.73 Å². The summed E-state index contributed by atoms with van der Waals surface area (Å²) in [6.45, 7) is 4.53. The van der Waals surface area contributed by atoms with Crippen LogP contribution in [0.4, 0.5) is 5.69 Å². The Kier molecular flexibility index (Phi) is 8.20. The van der Waals surface area contributed by atoms with Crippen LogP contribution in [0.25, 0.3) is 0 Å². The van der Waals surface area contributed by atoms with Crippen LogP contribution in [0, 0.1) is 28.6 Å². The molecule has 0 heterocycles. The van der Waals surface area contributed by atoms with E-state index in [2.05, 4.69) is 17.4 Å². The van der Waals surface area contributed by atoms with E-state index < -0.39 is 75.4 Å². The van der Waals surface area contributed by atoms with Gasteiger partial charge in [-0.25, -0.2) is 0 Å². The average Bonchev–Trinajstić information content (AvgIpc) is 3.03. The fourth-order valence-electron chi connectivity index (χ4n) is 9.73. The number of nitrogens with two attached hydrogens (primary N) is 1. The van der Waals surface area contributed by atoms with Gasteiger partial charge in [-0.05, 0) is 75.2 Å². The lowest BCUT2D eigenvalue weighted by Crippen LogP contribution is -2.84. The number of Topliss-reactive ketones (excluding diaryl/α,β-unsaturated/α-hetero) is 4. The molecule has 1 amide bonds. The Morgan fingerprint density at radius 1 is 0.979 bits per heavy atom. The second-order valence-corrected chi connectivity index (χ2v) is 15.1. The Hall–Kier alpha value is -3.93. The molecule has 0 bridgehead atoms. The molecule has 0 aromatic heterocycles. The molecule has 4 aliphatic rings. The Balaban J connectivity index is 1.35. The van der Waals surface area contributed by atoms with Crippen molar-refractivity contribution in [1.82, 2.24) is 4.90 Å². The van der Waals surface area contributed by atoms with Gasteiger partial charge in [-0.15, -0.1) is 0 Å². The maximum Gasteiger partial charge on any atom is 0.235 e. The molecule has 4 aliphatic carbocycles. The van der Waals surface area contributed by atoms with E-state index in [0.29, 0.717) is 17.2 Å². The number of phenols is 1. The second kappa shape index (κ2) is 11.6. The number of hydrogen-bond donors (Lipinski definition) is 5. The highest BCUT2D eigenvalue weighted by Gasteiger charge is 2.81. The normalized spacial score (nSPS) is 37.9. The van der Waals surface area contributed by atoms with Crippen molar-refractivity contribution in [1.29, 1.82) is 0 Å². The summed E-state index contributed by atoms with van der Waals surface area (Å²) in [6.07, 6.45) is 2.96. The maximum absolute atomic E-state index is 14.6. The molecule has 2 aromatic carbocycles. The van der Waals surface area contributed by atoms with Crippen LogP contribution < -0.4 is 11.1 Å². The Labute approximate surface area is 279 Å². The number of fused-ring (bicyclic) bond motifs is 3. The molecule has 2 unspecified atom stereocenters. The highest BCUT2D eigenvalue weighted by molar-refractivity contribution is 6.33. The lowest BCUT2D eigenvalue weighted by Gasteiger charge is -2.65. The van der Waals surface area contributed by atoms with Crippen molar-refractivity contribution in [3.05, 3.63) is 59.2 Å². The first-order valence-electron chi connectivity index (χ1n) is 16.7. The molecular weight excluding hydrogens is 614 g/mol. The highest BCUT2D eigenvalue weighted by Crippen LogP contribution is 2.65. The van der Waals surface area contributed by atoms with Crippen molar-refractivity contribution in [2.24, 2.45) is 34.3 Å². The number of aliphatic hydroxyl groups excluding tert-OH is 1. The van der Waals surface area contributed by atoms with Crippen LogP contribution in [0.2, 0.25) is 0 Å². The summed E-state index contributed by atoms with van der Waals surface area (Å²) < 4.78 is 0. The zero-order chi connectivity index (χ0) is 35.1. The van der Waals surface area contributed by atoms with Gasteiger partial charge in [-0.1, -0.05) is 57.2 Å². The number of ketones is 4. The Morgan fingerprint density at radius 3 is 2.19 bits per heavy atom. The van der Waals surface area contributed by atoms with Gasteiger partial charge in [0, 0.05) is 11.5 Å². The van der Waals surface area contributed by atoms with Gasteiger partial charge in [0.25, 0.3) is 0 Å². The summed E-state index contributed by atoms with van der Waals surface area (Å²) >= 11 is 0. The minimum atomic E-state index is -3.10. The van der Waals surface area contributed by atoms with Crippen molar-refractivity contribution in [3.8, 4) is 5.75 Å². The number of likely N-dealkylation sites (N-methyl/N-ethyl adjacent to an activating group) is 1. The molecule has 6 N–H and O–H groups in total. The van der Waals surface area contributed by atoms with E-state index in [0.717, 1.165) is 32.1 Å². The number of anilines is 1. The number of nitrogens with one attached hydrogen (secondary N) is 1. The van der Waals surface area contributed by atoms with Crippen molar-refractivity contribution < 1.29 is 39.3 Å². The lowest BCUT2D eigenvalue weighted by atomic mass is 9.39. The lowest BCUT2D eigenvalue weighted by molar-refractivity contribution is -0.237. The first-order valence-corrected chi connectivity index (χ1v) is 16.7. The summed E-state index contributed by atoms with van der Waals surface area (Å²) in [6, 6.07) is 12.3. The van der Waals surface area contributed by atoms with Crippen molar-refractivity contribution in [2.75, 3.05) is 19.4 Å². The molecule has 11 heteroatoms. The van der Waals surface area contributed by atoms with Gasteiger partial charge in [0.2, 0.25) is 5.91 Å². The number of phenolic OH excluding ortho intramolecular Hbond substituents is 1. The molecule has 11 nitrogen and oxygen atoms in total. The van der Waals surface area contributed by atoms with Crippen LogP contribution in [-0.4, -0.2) is 87.1 Å². The number of rotatable bonds is 6. The molecule has 48 heavy (non-hydrogen) atoms. The average molecular weight is 660 g/mol. The molecule has 0 spiro atoms. The maximum atomic E-state index is 14.6. The quantitative estimate of drug-likeness (QED) is 0.228. The number of carbonyl (C=O) groups is 5. The van der Waals surface area contributed by atoms with E-state index >= 15 is 0 Å². The monoisotopic (exact) mass is 659 g/mol. The number of primary amides is 1. The molecule has 0 aliphatic heterocycles. The van der Waals surface area contributed by atoms with Crippen LogP contribution in [0.5, 0.6) is 5.75 Å². The molecule has 2 aromatic rings. The van der Waals surface area contributed by atoms with E-state index in [1.165, 1.54) is 38.4 Å². The van der Waals surface area contributed by atoms with Crippen LogP contribution >= 0.6 is 0 Å². The molecule has 3 fully saturated rings. The topological polar surface area (TPSA) is 187 Å². The highest BCUT2D eigenvalue weighted by atomic mass is 16.3. The summed E-state index contributed by atoms with van der Waals surface area (Å²) in [5.41, 5.74) is 0.521. The predicted molar refractivity (Wildman–Crippen MR) is 176 cm³/mol. The minimum absolute atomic E-state index is 0.0491. The van der Waals surface area contributed by atoms with Crippen molar-refractivity contribution in [2.45, 2.75) is 82.6 Å². The third-order valence-electron chi connectivity index (χ3n) is 12.4. The standard InChI is InChI=1S/C37H45N3O8/c1-18-22-15-16-23(39-21-13-11-20(12-14-21)17-19-9-7-6-8-10-19)27(41)24(22)28(42)26-32(45)37(48)31(44)25(33(38)46)29(43)30(40(4)5)36(37,3)34(47)35(18,26)2/h6-10,15-16,18,20-21,25-26,30,34,39,41,47-48H,11-14,17H2,1-5H3,(H2,38,46)/t18-,20?,21?,25?,26?,30+,34-,35+,36+,37+/m0/s1. The zero-order valence-corrected chi connectivity index (χ0v) is 28.0. The van der Waals surface area contributed by atoms with E-state index in [-0.39, 0.29) is 17.4 Å². The smallest absolute Gasteiger partial charge is 0.235 e. The molecule has 0 radical (unpaired) electrons. The van der Waals surface area contributed by atoms with Gasteiger partial charge in [0.05, 0.1) is 34.7 Å². The Morgan fingerprint density at radius 2 is 1.60 bits per heavy atom. The van der Waals surface area contributed by atoms with Gasteiger partial charge >= 0.3 is 0 Å². The van der Waals surface area contributed by atoms with Gasteiger partial charge in [0.15, 0.2) is 34.7 Å². The van der Waals surface area contributed by atoms with Crippen LogP contribution in [0.1, 0.15) is 73.9 Å². The molecule has 256 valence electrons. The third kappa shape index (κ3) is 4.46. The Bertz CT molecular complexity index is 1700. The predicted octanol–water partition coefficient (Wildman–Crippen LogP) is 2.39. The van der Waals surface area contributed by atoms with Gasteiger partial charge in [0.1, 0.15) is 5.75 Å². The van der Waals surface area contributed by atoms with Crippen molar-refractivity contribution in [3.63, 3.8) is 0 Å². The summed E-state index contributed by atoms with van der Waals surface area (Å²) in [4.78, 5) is 70.2. The van der Waals surface area contributed by atoms with Gasteiger partial charge in [-0.3, -0.25) is 28.9 Å². The molecule has 0 saturated heterocycles. The number of aliphatic hydroxyl groups is 2. The van der Waals surface area contributed by atoms with E-state index in [1.807, 2.05) is 18.2 Å². The number of carbonyl (C=O) groups excluding carboxylic acids is 5. The summed E-state index contributed by atoms with van der Waals surface area (Å²) in [7, 11) is 2.95. The molecule has 8 atom stereocenters. The molecule has 3 saturated carbocycles. The van der Waals surface area contributed by atoms with Crippen LogP contribution in [0.15, 0.2) is 42.5 Å². The number of amides is 1. The molecular formula is C37H45N3O8. The number of hydrogen-bond acceptors (Lipinski definition) is 10. The number of aromatic hydroxyl groups is 1. The van der Waals surface area contributed by atoms with E-state index in [1.54, 1.807) is 19.1 Å². The molecule has 6 rings (SSSR count). The number of nitrogens with zero attached hydrogens (tertiary/aromatic N) is 1. The van der Waals surface area contributed by atoms with Gasteiger partial charge in [-0.2, -0.15) is 0 Å². The summed E-state index contributed by atoms with van der Waals surface area (Å²) in [5.74, 6) is -10.2. The van der Waals surface area contributed by atoms with Gasteiger partial charge < -0.3 is 26.4 Å². The fourth-order valence-corrected chi connectivity index (χ4v) is 9.73.